The average Bonchev–Trinajstić information content (AvgIpc) is 2.78. The Morgan fingerprint density at radius 2 is 1.86 bits per heavy atom. The lowest BCUT2D eigenvalue weighted by atomic mass is 9.97. The SMILES string of the molecule is C=S(C)(=O)c1nc(-c2cc(C(=O)NC(C)C)ccc2C)c2c(n1)N(c1c(F)cccc1F)C(=O)NC2. The van der Waals surface area contributed by atoms with E-state index >= 15 is 0 Å². The quantitative estimate of drug-likeness (QED) is 0.397. The molecule has 2 aromatic carbocycles. The Balaban J connectivity index is 2.02. The van der Waals surface area contributed by atoms with Crippen LogP contribution in [0.1, 0.15) is 35.3 Å². The second-order valence-corrected chi connectivity index (χ2v) is 11.3. The van der Waals surface area contributed by atoms with Crippen molar-refractivity contribution in [3.63, 3.8) is 0 Å². The van der Waals surface area contributed by atoms with Crippen LogP contribution < -0.4 is 15.5 Å². The van der Waals surface area contributed by atoms with Crippen LogP contribution in [0.5, 0.6) is 0 Å². The van der Waals surface area contributed by atoms with E-state index in [1.165, 1.54) is 12.3 Å². The van der Waals surface area contributed by atoms with Crippen molar-refractivity contribution >= 4 is 38.8 Å². The smallest absolute Gasteiger partial charge is 0.328 e. The van der Waals surface area contributed by atoms with Crippen LogP contribution in [0.25, 0.3) is 11.3 Å². The number of carbonyl (C=O) groups excluding carboxylic acids is 2. The van der Waals surface area contributed by atoms with E-state index in [-0.39, 0.29) is 35.2 Å². The number of hydrogen-bond donors (Lipinski definition) is 2. The lowest BCUT2D eigenvalue weighted by Gasteiger charge is -2.31. The van der Waals surface area contributed by atoms with Gasteiger partial charge in [0.1, 0.15) is 17.3 Å². The van der Waals surface area contributed by atoms with Crippen molar-refractivity contribution in [3.8, 4) is 11.3 Å². The molecule has 3 amide bonds. The van der Waals surface area contributed by atoms with Gasteiger partial charge in [-0.2, -0.15) is 0 Å². The molecule has 3 aromatic rings. The van der Waals surface area contributed by atoms with Crippen molar-refractivity contribution in [1.82, 2.24) is 20.6 Å². The first-order valence-corrected chi connectivity index (χ1v) is 13.2. The van der Waals surface area contributed by atoms with Crippen LogP contribution in [0.3, 0.4) is 0 Å². The number of rotatable bonds is 5. The Kier molecular flexibility index (Phi) is 6.52. The molecule has 0 radical (unpaired) electrons. The molecule has 1 aliphatic rings. The molecule has 1 aromatic heterocycles. The van der Waals surface area contributed by atoms with Crippen LogP contribution >= 0.6 is 0 Å². The number of halogens is 2. The molecule has 1 atom stereocenters. The van der Waals surface area contributed by atoms with Gasteiger partial charge in [0, 0.05) is 38.5 Å². The highest BCUT2D eigenvalue weighted by Gasteiger charge is 2.34. The van der Waals surface area contributed by atoms with Gasteiger partial charge in [-0.1, -0.05) is 12.1 Å². The summed E-state index contributed by atoms with van der Waals surface area (Å²) < 4.78 is 42.4. The second kappa shape index (κ2) is 9.30. The van der Waals surface area contributed by atoms with Gasteiger partial charge in [0.2, 0.25) is 5.16 Å². The molecule has 0 saturated carbocycles. The number of aromatic nitrogens is 2. The van der Waals surface area contributed by atoms with E-state index in [4.69, 9.17) is 0 Å². The van der Waals surface area contributed by atoms with E-state index in [9.17, 15) is 22.6 Å². The Morgan fingerprint density at radius 1 is 1.19 bits per heavy atom. The van der Waals surface area contributed by atoms with Gasteiger partial charge >= 0.3 is 6.03 Å². The summed E-state index contributed by atoms with van der Waals surface area (Å²) in [4.78, 5) is 35.1. The molecule has 4 rings (SSSR count). The standard InChI is InChI=1S/C25H25F2N5O3S/c1-13(2)29-23(33)15-10-9-14(3)16(11-15)20-17-12-28-25(34)32(21-18(26)7-6-8-19(21)27)22(17)31-24(30-20)36(4,5)35/h6-11,13H,4,12H2,1-3,5H3,(H,28,34)(H,29,33). The molecule has 2 N–H and O–H groups in total. The van der Waals surface area contributed by atoms with Gasteiger partial charge < -0.3 is 10.6 Å². The summed E-state index contributed by atoms with van der Waals surface area (Å²) in [5, 5.41) is 5.24. The number of hydrogen-bond acceptors (Lipinski definition) is 5. The first-order chi connectivity index (χ1) is 16.9. The van der Waals surface area contributed by atoms with Gasteiger partial charge in [-0.3, -0.25) is 9.00 Å². The van der Waals surface area contributed by atoms with Crippen LogP contribution in [0.15, 0.2) is 41.6 Å². The Hall–Kier alpha value is -3.86. The van der Waals surface area contributed by atoms with Crippen molar-refractivity contribution in [3.05, 3.63) is 64.7 Å². The van der Waals surface area contributed by atoms with Crippen LogP contribution in [-0.2, 0) is 16.1 Å². The molecule has 11 heteroatoms. The minimum absolute atomic E-state index is 0.0553. The lowest BCUT2D eigenvalue weighted by Crippen LogP contribution is -2.43. The molecule has 1 unspecified atom stereocenters. The fourth-order valence-electron chi connectivity index (χ4n) is 3.83. The van der Waals surface area contributed by atoms with Crippen molar-refractivity contribution in [2.75, 3.05) is 11.2 Å². The number of urea groups is 1. The predicted molar refractivity (Wildman–Crippen MR) is 135 cm³/mol. The zero-order valence-electron chi connectivity index (χ0n) is 20.2. The summed E-state index contributed by atoms with van der Waals surface area (Å²) in [5.41, 5.74) is 1.60. The van der Waals surface area contributed by atoms with Gasteiger partial charge in [0.25, 0.3) is 5.91 Å². The maximum Gasteiger partial charge on any atom is 0.328 e. The minimum atomic E-state index is -3.01. The van der Waals surface area contributed by atoms with Gasteiger partial charge in [0.05, 0.1) is 12.2 Å². The Morgan fingerprint density at radius 3 is 2.47 bits per heavy atom. The van der Waals surface area contributed by atoms with Crippen LogP contribution in [0.4, 0.5) is 25.1 Å². The monoisotopic (exact) mass is 513 g/mol. The fourth-order valence-corrected chi connectivity index (χ4v) is 4.39. The summed E-state index contributed by atoms with van der Waals surface area (Å²) in [6.07, 6.45) is 1.33. The molecule has 1 aliphatic heterocycles. The Bertz CT molecular complexity index is 1490. The number of nitrogens with one attached hydrogen (secondary N) is 2. The number of anilines is 2. The summed E-state index contributed by atoms with van der Waals surface area (Å²) >= 11 is 0. The molecule has 0 fully saturated rings. The number of nitrogens with zero attached hydrogens (tertiary/aromatic N) is 3. The molecule has 0 saturated heterocycles. The van der Waals surface area contributed by atoms with Crippen LogP contribution in [0, 0.1) is 18.6 Å². The van der Waals surface area contributed by atoms with E-state index in [1.807, 2.05) is 13.8 Å². The molecule has 36 heavy (non-hydrogen) atoms. The highest BCUT2D eigenvalue weighted by molar-refractivity contribution is 7.99. The normalized spacial score (nSPS) is 14.8. The first-order valence-electron chi connectivity index (χ1n) is 11.1. The molecule has 0 bridgehead atoms. The number of benzene rings is 2. The van der Waals surface area contributed by atoms with E-state index in [0.717, 1.165) is 22.6 Å². The molecule has 188 valence electrons. The van der Waals surface area contributed by atoms with E-state index in [2.05, 4.69) is 26.5 Å². The van der Waals surface area contributed by atoms with Crippen molar-refractivity contribution in [2.45, 2.75) is 38.5 Å². The Labute approximate surface area is 207 Å². The number of fused-ring (bicyclic) bond motifs is 1. The number of aryl methyl sites for hydroxylation is 1. The third-order valence-corrected chi connectivity index (χ3v) is 6.47. The molecular weight excluding hydrogens is 488 g/mol. The highest BCUT2D eigenvalue weighted by atomic mass is 32.2. The maximum atomic E-state index is 14.8. The second-order valence-electron chi connectivity index (χ2n) is 8.88. The van der Waals surface area contributed by atoms with Gasteiger partial charge in [0.15, 0.2) is 5.82 Å². The molecular formula is C25H25F2N5O3S. The molecule has 8 nitrogen and oxygen atoms in total. The van der Waals surface area contributed by atoms with Crippen molar-refractivity contribution < 1.29 is 22.6 Å². The van der Waals surface area contributed by atoms with Gasteiger partial charge in [-0.15, -0.1) is 0 Å². The molecule has 0 spiro atoms. The van der Waals surface area contributed by atoms with Crippen molar-refractivity contribution in [2.24, 2.45) is 0 Å². The van der Waals surface area contributed by atoms with Crippen LogP contribution in [0.2, 0.25) is 0 Å². The van der Waals surface area contributed by atoms with Crippen LogP contribution in [-0.4, -0.2) is 44.3 Å². The summed E-state index contributed by atoms with van der Waals surface area (Å²) in [5.74, 6) is 1.28. The van der Waals surface area contributed by atoms with E-state index in [0.29, 0.717) is 16.7 Å². The summed E-state index contributed by atoms with van der Waals surface area (Å²) in [7, 11) is -3.01. The minimum Gasteiger partial charge on any atom is -0.350 e. The fraction of sp³-hybridized carbons (Fsp3) is 0.240. The summed E-state index contributed by atoms with van der Waals surface area (Å²) in [6, 6.07) is 7.36. The van der Waals surface area contributed by atoms with E-state index in [1.54, 1.807) is 25.1 Å². The zero-order chi connectivity index (χ0) is 26.4. The molecule has 2 heterocycles. The van der Waals surface area contributed by atoms with Gasteiger partial charge in [-0.25, -0.2) is 28.4 Å². The summed E-state index contributed by atoms with van der Waals surface area (Å²) in [6.45, 7) is 5.42. The third kappa shape index (κ3) is 4.66. The number of para-hydroxylation sites is 1. The van der Waals surface area contributed by atoms with Gasteiger partial charge in [-0.05, 0) is 56.5 Å². The molecule has 0 aliphatic carbocycles. The highest BCUT2D eigenvalue weighted by Crippen LogP contribution is 2.39. The maximum absolute atomic E-state index is 14.8. The average molecular weight is 514 g/mol. The lowest BCUT2D eigenvalue weighted by molar-refractivity contribution is 0.0943. The number of amides is 3. The zero-order valence-corrected chi connectivity index (χ0v) is 21.0. The van der Waals surface area contributed by atoms with E-state index < -0.39 is 32.9 Å². The number of carbonyl (C=O) groups is 2. The van der Waals surface area contributed by atoms with Crippen molar-refractivity contribution in [1.29, 1.82) is 0 Å². The largest absolute Gasteiger partial charge is 0.350 e. The topological polar surface area (TPSA) is 104 Å². The third-order valence-electron chi connectivity index (χ3n) is 5.52. The predicted octanol–water partition coefficient (Wildman–Crippen LogP) is 3.93. The first kappa shape index (κ1) is 25.2.